The molecule has 0 spiro atoms. The number of fused-ring (bicyclic) bond motifs is 8. The van der Waals surface area contributed by atoms with Gasteiger partial charge in [0.2, 0.25) is 0 Å². The summed E-state index contributed by atoms with van der Waals surface area (Å²) in [5, 5.41) is 12.9. The molecule has 66 heavy (non-hydrogen) atoms. The fraction of sp³-hybridized carbons (Fsp3) is 0.133. The number of benzene rings is 10. The largest absolute Gasteiger partial charge is 0.307 e. The maximum atomic E-state index is 2.58. The van der Waals surface area contributed by atoms with Gasteiger partial charge in [-0.3, -0.25) is 0 Å². The molecule has 0 radical (unpaired) electrons. The minimum Gasteiger partial charge on any atom is -0.307 e. The lowest BCUT2D eigenvalue weighted by molar-refractivity contribution is 1.17. The van der Waals surface area contributed by atoms with E-state index in [9.17, 15) is 0 Å². The van der Waals surface area contributed by atoms with Crippen molar-refractivity contribution in [3.8, 4) is 11.1 Å². The summed E-state index contributed by atoms with van der Waals surface area (Å²) in [5.41, 5.74) is 12.5. The van der Waals surface area contributed by atoms with E-state index >= 15 is 0 Å². The molecule has 0 bridgehead atoms. The zero-order valence-electron chi connectivity index (χ0n) is 38.9. The van der Waals surface area contributed by atoms with Gasteiger partial charge in [-0.05, 0) is 106 Å². The molecule has 0 saturated heterocycles. The second-order valence-electron chi connectivity index (χ2n) is 20.3. The molecule has 10 aromatic rings. The summed E-state index contributed by atoms with van der Waals surface area (Å²) in [5.74, 6) is 0. The lowest BCUT2D eigenvalue weighted by Gasteiger charge is -2.36. The van der Waals surface area contributed by atoms with Crippen molar-refractivity contribution in [3.63, 3.8) is 0 Å². The van der Waals surface area contributed by atoms with Crippen molar-refractivity contribution in [1.29, 1.82) is 0 Å². The molecule has 12 rings (SSSR count). The quantitative estimate of drug-likeness (QED) is 0.125. The van der Waals surface area contributed by atoms with E-state index in [0.717, 1.165) is 0 Å². The van der Waals surface area contributed by atoms with Crippen molar-refractivity contribution < 1.29 is 0 Å². The SMILES string of the molecule is Cc1ccc2c(c1)Sc1cc([Si](C)(C)C)ccc1N2c1c2ccccc2c(-c2c3ccccc3c(N3c4ccc(C)cc4Sc4cc([Si](C)(C)C)ccc43)c3ccccc23)c2ccccc12. The van der Waals surface area contributed by atoms with Crippen molar-refractivity contribution in [2.24, 2.45) is 0 Å². The van der Waals surface area contributed by atoms with Crippen LogP contribution in [0.25, 0.3) is 54.2 Å². The number of anilines is 6. The molecule has 10 aromatic carbocycles. The molecule has 0 fully saturated rings. The average Bonchev–Trinajstić information content (AvgIpc) is 3.30. The Bertz CT molecular complexity index is 3320. The highest BCUT2D eigenvalue weighted by Crippen LogP contribution is 2.59. The first-order chi connectivity index (χ1) is 31.8. The van der Waals surface area contributed by atoms with Crippen molar-refractivity contribution in [2.75, 3.05) is 9.80 Å². The van der Waals surface area contributed by atoms with Crippen LogP contribution in [0.15, 0.2) is 189 Å². The highest BCUT2D eigenvalue weighted by molar-refractivity contribution is 8.00. The van der Waals surface area contributed by atoms with Gasteiger partial charge < -0.3 is 9.80 Å². The molecule has 2 nitrogen and oxygen atoms in total. The molecule has 2 aliphatic rings. The molecule has 0 N–H and O–H groups in total. The second kappa shape index (κ2) is 15.3. The van der Waals surface area contributed by atoms with Gasteiger partial charge in [-0.15, -0.1) is 0 Å². The van der Waals surface area contributed by atoms with Crippen molar-refractivity contribution >= 4 is 127 Å². The van der Waals surface area contributed by atoms with E-state index in [-0.39, 0.29) is 0 Å². The van der Waals surface area contributed by atoms with Gasteiger partial charge in [0, 0.05) is 41.1 Å². The molecule has 322 valence electrons. The van der Waals surface area contributed by atoms with Gasteiger partial charge in [0.1, 0.15) is 0 Å². The van der Waals surface area contributed by atoms with E-state index in [1.165, 1.54) is 129 Å². The fourth-order valence-electron chi connectivity index (χ4n) is 10.5. The average molecular weight is 921 g/mol. The van der Waals surface area contributed by atoms with Crippen LogP contribution >= 0.6 is 23.5 Å². The molecular weight excluding hydrogens is 869 g/mol. The molecule has 0 amide bonds. The Morgan fingerprint density at radius 1 is 0.318 bits per heavy atom. The summed E-state index contributed by atoms with van der Waals surface area (Å²) < 4.78 is 0. The molecule has 6 heteroatoms. The Hall–Kier alpha value is -6.03. The first kappa shape index (κ1) is 41.4. The topological polar surface area (TPSA) is 6.48 Å². The predicted molar refractivity (Wildman–Crippen MR) is 295 cm³/mol. The van der Waals surface area contributed by atoms with Gasteiger partial charge in [-0.1, -0.05) is 195 Å². The standard InChI is InChI=1S/C60H52N2S2Si2/c1-37-25-29-49-53(33-37)63-55-35-39(65(3,4)5)27-31-51(55)61(49)59-45-21-13-9-17-41(45)57(42-18-10-14-22-46(42)59)58-43-19-11-15-23-47(43)60(48-24-16-12-20-44(48)58)62-50-30-26-38(2)34-54(50)64-56-36-40(66(6,7)8)28-32-52(56)62/h9-36H,1-8H3. The van der Waals surface area contributed by atoms with Crippen LogP contribution in [-0.2, 0) is 0 Å². The third kappa shape index (κ3) is 6.51. The molecule has 0 atom stereocenters. The second-order valence-corrected chi connectivity index (χ2v) is 32.6. The number of hydrogen-bond donors (Lipinski definition) is 0. The first-order valence-corrected chi connectivity index (χ1v) is 31.8. The Kier molecular flexibility index (Phi) is 9.57. The van der Waals surface area contributed by atoms with E-state index in [1.54, 1.807) is 0 Å². The molecule has 2 heterocycles. The van der Waals surface area contributed by atoms with Crippen LogP contribution in [-0.4, -0.2) is 16.1 Å². The van der Waals surface area contributed by atoms with E-state index in [2.05, 4.69) is 233 Å². The summed E-state index contributed by atoms with van der Waals surface area (Å²) in [6, 6.07) is 65.3. The minimum atomic E-state index is -1.57. The van der Waals surface area contributed by atoms with Gasteiger partial charge in [-0.2, -0.15) is 0 Å². The van der Waals surface area contributed by atoms with Crippen LogP contribution in [0.4, 0.5) is 34.1 Å². The van der Waals surface area contributed by atoms with Gasteiger partial charge in [0.25, 0.3) is 0 Å². The molecule has 2 aliphatic heterocycles. The molecule has 0 aliphatic carbocycles. The smallest absolute Gasteiger partial charge is 0.0776 e. The van der Waals surface area contributed by atoms with Crippen LogP contribution in [0, 0.1) is 13.8 Å². The summed E-state index contributed by atoms with van der Waals surface area (Å²) in [4.78, 5) is 10.4. The zero-order valence-corrected chi connectivity index (χ0v) is 42.5. The number of rotatable bonds is 5. The maximum absolute atomic E-state index is 2.58. The Labute approximate surface area is 399 Å². The van der Waals surface area contributed by atoms with Gasteiger partial charge in [-0.25, -0.2) is 0 Å². The lowest BCUT2D eigenvalue weighted by Crippen LogP contribution is -2.37. The third-order valence-electron chi connectivity index (χ3n) is 13.8. The number of hydrogen-bond acceptors (Lipinski definition) is 4. The maximum Gasteiger partial charge on any atom is 0.0776 e. The molecule has 0 saturated carbocycles. The molecule has 0 unspecified atom stereocenters. The lowest BCUT2D eigenvalue weighted by atomic mass is 9.84. The summed E-state index contributed by atoms with van der Waals surface area (Å²) in [6.07, 6.45) is 0. The van der Waals surface area contributed by atoms with E-state index in [4.69, 9.17) is 0 Å². The van der Waals surface area contributed by atoms with E-state index < -0.39 is 16.1 Å². The van der Waals surface area contributed by atoms with Crippen molar-refractivity contribution in [1.82, 2.24) is 0 Å². The molecule has 0 aromatic heterocycles. The Morgan fingerprint density at radius 2 is 0.591 bits per heavy atom. The van der Waals surface area contributed by atoms with E-state index in [1.807, 2.05) is 23.5 Å². The summed E-state index contributed by atoms with van der Waals surface area (Å²) in [6.45, 7) is 19.1. The fourth-order valence-corrected chi connectivity index (χ4v) is 15.4. The third-order valence-corrected chi connectivity index (χ3v) is 20.1. The Balaban J connectivity index is 1.17. The van der Waals surface area contributed by atoms with Crippen LogP contribution in [0.3, 0.4) is 0 Å². The normalized spacial score (nSPS) is 13.6. The minimum absolute atomic E-state index is 1.23. The zero-order chi connectivity index (χ0) is 45.2. The number of nitrogens with zero attached hydrogens (tertiary/aromatic N) is 2. The molecular formula is C60H52N2S2Si2. The first-order valence-electron chi connectivity index (χ1n) is 23.2. The van der Waals surface area contributed by atoms with Crippen LogP contribution in [0.5, 0.6) is 0 Å². The monoisotopic (exact) mass is 920 g/mol. The summed E-state index contributed by atoms with van der Waals surface area (Å²) in [7, 11) is -3.14. The van der Waals surface area contributed by atoms with Crippen molar-refractivity contribution in [2.45, 2.75) is 72.7 Å². The van der Waals surface area contributed by atoms with Crippen LogP contribution in [0.2, 0.25) is 39.3 Å². The highest BCUT2D eigenvalue weighted by atomic mass is 32.2. The van der Waals surface area contributed by atoms with Crippen LogP contribution < -0.4 is 20.2 Å². The predicted octanol–water partition coefficient (Wildman–Crippen LogP) is 17.5. The highest BCUT2D eigenvalue weighted by Gasteiger charge is 2.33. The van der Waals surface area contributed by atoms with Crippen LogP contribution in [0.1, 0.15) is 11.1 Å². The number of aryl methyl sites for hydroxylation is 2. The Morgan fingerprint density at radius 3 is 0.894 bits per heavy atom. The van der Waals surface area contributed by atoms with Gasteiger partial charge >= 0.3 is 0 Å². The van der Waals surface area contributed by atoms with E-state index in [0.29, 0.717) is 0 Å². The van der Waals surface area contributed by atoms with Crippen molar-refractivity contribution in [3.05, 3.63) is 181 Å². The summed E-state index contributed by atoms with van der Waals surface area (Å²) >= 11 is 3.85. The van der Waals surface area contributed by atoms with Gasteiger partial charge in [0.15, 0.2) is 0 Å². The van der Waals surface area contributed by atoms with Gasteiger partial charge in [0.05, 0.1) is 50.3 Å².